The van der Waals surface area contributed by atoms with E-state index in [4.69, 9.17) is 23.2 Å². The average molecular weight is 445 g/mol. The Morgan fingerprint density at radius 3 is 2.40 bits per heavy atom. The summed E-state index contributed by atoms with van der Waals surface area (Å²) in [5, 5.41) is 3.59. The molecule has 2 aromatic carbocycles. The molecule has 0 radical (unpaired) electrons. The van der Waals surface area contributed by atoms with Crippen molar-refractivity contribution in [3.8, 4) is 0 Å². The Bertz CT molecular complexity index is 1000. The van der Waals surface area contributed by atoms with E-state index in [1.165, 1.54) is 6.07 Å². The van der Waals surface area contributed by atoms with Crippen LogP contribution >= 0.6 is 23.2 Å². The summed E-state index contributed by atoms with van der Waals surface area (Å²) in [7, 11) is 0. The molecular formula is C24H26Cl2N2O2. The van der Waals surface area contributed by atoms with Crippen molar-refractivity contribution in [2.45, 2.75) is 46.1 Å². The molecule has 1 heterocycles. The molecule has 1 saturated heterocycles. The number of fused-ring (bicyclic) bond motifs is 2. The Hall–Kier alpha value is -2.04. The van der Waals surface area contributed by atoms with E-state index in [1.54, 1.807) is 36.4 Å². The van der Waals surface area contributed by atoms with E-state index in [1.807, 2.05) is 0 Å². The first-order valence-electron chi connectivity index (χ1n) is 10.2. The fraction of sp³-hybridized carbons (Fsp3) is 0.417. The molecule has 2 fully saturated rings. The maximum absolute atomic E-state index is 13.2. The van der Waals surface area contributed by atoms with Crippen LogP contribution in [0.5, 0.6) is 0 Å². The lowest BCUT2D eigenvalue weighted by molar-refractivity contribution is 0.0708. The third-order valence-corrected chi connectivity index (χ3v) is 6.79. The zero-order valence-electron chi connectivity index (χ0n) is 17.5. The summed E-state index contributed by atoms with van der Waals surface area (Å²) >= 11 is 12.0. The standard InChI is InChI=1S/C24H26Cl2N2O2/c1-23(2)11-18-12-24(3,13-23)14-28(18)22(30)15-4-7-17(8-5-15)27-21(29)19-9-6-16(25)10-20(19)26/h4-10,18H,11-14H2,1-3H3,(H,27,29)/t18-,24+/m1/s1. The number of benzene rings is 2. The fourth-order valence-corrected chi connectivity index (χ4v) is 5.93. The molecule has 0 aromatic heterocycles. The number of nitrogens with zero attached hydrogens (tertiary/aromatic N) is 1. The van der Waals surface area contributed by atoms with Crippen molar-refractivity contribution >= 4 is 40.7 Å². The van der Waals surface area contributed by atoms with E-state index in [0.29, 0.717) is 32.9 Å². The number of anilines is 1. The Labute approximate surface area is 187 Å². The Morgan fingerprint density at radius 2 is 1.73 bits per heavy atom. The van der Waals surface area contributed by atoms with E-state index >= 15 is 0 Å². The Kier molecular flexibility index (Phi) is 5.36. The van der Waals surface area contributed by atoms with Gasteiger partial charge in [-0.15, -0.1) is 0 Å². The number of amides is 2. The molecule has 4 nitrogen and oxygen atoms in total. The third kappa shape index (κ3) is 4.21. The molecular weight excluding hydrogens is 419 g/mol. The highest BCUT2D eigenvalue weighted by Gasteiger charge is 2.50. The summed E-state index contributed by atoms with van der Waals surface area (Å²) in [6, 6.07) is 12.1. The molecule has 1 aliphatic carbocycles. The van der Waals surface area contributed by atoms with Gasteiger partial charge >= 0.3 is 0 Å². The van der Waals surface area contributed by atoms with Gasteiger partial charge in [-0.2, -0.15) is 0 Å². The van der Waals surface area contributed by atoms with Crippen LogP contribution in [0.15, 0.2) is 42.5 Å². The van der Waals surface area contributed by atoms with Crippen LogP contribution in [0.3, 0.4) is 0 Å². The minimum absolute atomic E-state index is 0.0695. The molecule has 2 aromatic rings. The number of hydrogen-bond donors (Lipinski definition) is 1. The van der Waals surface area contributed by atoms with Crippen molar-refractivity contribution in [3.05, 3.63) is 63.6 Å². The number of hydrogen-bond acceptors (Lipinski definition) is 2. The van der Waals surface area contributed by atoms with Gasteiger partial charge in [-0.25, -0.2) is 0 Å². The zero-order chi connectivity index (χ0) is 21.7. The molecule has 2 bridgehead atoms. The quantitative estimate of drug-likeness (QED) is 0.604. The lowest BCUT2D eigenvalue weighted by Gasteiger charge is -2.39. The van der Waals surface area contributed by atoms with Gasteiger partial charge in [-0.05, 0) is 72.6 Å². The van der Waals surface area contributed by atoms with Crippen molar-refractivity contribution in [1.29, 1.82) is 0 Å². The second kappa shape index (κ2) is 7.58. The molecule has 2 aliphatic rings. The first-order valence-corrected chi connectivity index (χ1v) is 11.0. The van der Waals surface area contributed by atoms with Crippen LogP contribution in [-0.2, 0) is 0 Å². The Morgan fingerprint density at radius 1 is 1.03 bits per heavy atom. The number of carbonyl (C=O) groups is 2. The van der Waals surface area contributed by atoms with Crippen molar-refractivity contribution in [2.75, 3.05) is 11.9 Å². The van der Waals surface area contributed by atoms with Gasteiger partial charge < -0.3 is 10.2 Å². The highest BCUT2D eigenvalue weighted by molar-refractivity contribution is 6.37. The highest BCUT2D eigenvalue weighted by atomic mass is 35.5. The normalized spacial score (nSPS) is 24.6. The van der Waals surface area contributed by atoms with Gasteiger partial charge in [0.2, 0.25) is 0 Å². The molecule has 0 unspecified atom stereocenters. The van der Waals surface area contributed by atoms with Crippen LogP contribution in [0, 0.1) is 10.8 Å². The SMILES string of the molecule is CC1(C)C[C@@H]2C[C@](C)(CN2C(=O)c2ccc(NC(=O)c3ccc(Cl)cc3Cl)cc2)C1. The maximum Gasteiger partial charge on any atom is 0.257 e. The average Bonchev–Trinajstić information content (AvgIpc) is 2.90. The van der Waals surface area contributed by atoms with E-state index in [2.05, 4.69) is 31.0 Å². The highest BCUT2D eigenvalue weighted by Crippen LogP contribution is 2.52. The van der Waals surface area contributed by atoms with Crippen LogP contribution in [0.25, 0.3) is 0 Å². The third-order valence-electron chi connectivity index (χ3n) is 6.24. The van der Waals surface area contributed by atoms with Crippen LogP contribution in [-0.4, -0.2) is 29.3 Å². The first kappa shape index (κ1) is 21.2. The lowest BCUT2D eigenvalue weighted by atomic mass is 9.65. The topological polar surface area (TPSA) is 49.4 Å². The van der Waals surface area contributed by atoms with Gasteiger partial charge in [-0.1, -0.05) is 44.0 Å². The molecule has 30 heavy (non-hydrogen) atoms. The number of halogens is 2. The van der Waals surface area contributed by atoms with Gasteiger partial charge in [0, 0.05) is 28.9 Å². The second-order valence-corrected chi connectivity index (χ2v) is 10.6. The summed E-state index contributed by atoms with van der Waals surface area (Å²) in [6.07, 6.45) is 3.28. The largest absolute Gasteiger partial charge is 0.335 e. The minimum atomic E-state index is -0.320. The van der Waals surface area contributed by atoms with Crippen LogP contribution in [0.1, 0.15) is 60.7 Å². The van der Waals surface area contributed by atoms with E-state index in [0.717, 1.165) is 25.8 Å². The summed E-state index contributed by atoms with van der Waals surface area (Å²) in [4.78, 5) is 27.7. The lowest BCUT2D eigenvalue weighted by Crippen LogP contribution is -2.37. The van der Waals surface area contributed by atoms with E-state index in [9.17, 15) is 9.59 Å². The van der Waals surface area contributed by atoms with Gasteiger partial charge in [0.1, 0.15) is 0 Å². The number of rotatable bonds is 3. The van der Waals surface area contributed by atoms with Crippen LogP contribution in [0.2, 0.25) is 10.0 Å². The number of carbonyl (C=O) groups excluding carboxylic acids is 2. The predicted octanol–water partition coefficient (Wildman–Crippen LogP) is 6.29. The van der Waals surface area contributed by atoms with Gasteiger partial charge in [0.25, 0.3) is 11.8 Å². The van der Waals surface area contributed by atoms with Crippen molar-refractivity contribution in [2.24, 2.45) is 10.8 Å². The molecule has 2 atom stereocenters. The molecule has 6 heteroatoms. The molecule has 1 aliphatic heterocycles. The van der Waals surface area contributed by atoms with Gasteiger partial charge in [-0.3, -0.25) is 9.59 Å². The molecule has 2 amide bonds. The predicted molar refractivity (Wildman–Crippen MR) is 121 cm³/mol. The van der Waals surface area contributed by atoms with Crippen molar-refractivity contribution < 1.29 is 9.59 Å². The summed E-state index contributed by atoms with van der Waals surface area (Å²) in [6.45, 7) is 7.72. The summed E-state index contributed by atoms with van der Waals surface area (Å²) < 4.78 is 0. The number of likely N-dealkylation sites (tertiary alicyclic amines) is 1. The second-order valence-electron chi connectivity index (χ2n) is 9.80. The van der Waals surface area contributed by atoms with Crippen LogP contribution < -0.4 is 5.32 Å². The van der Waals surface area contributed by atoms with Crippen molar-refractivity contribution in [1.82, 2.24) is 4.90 Å². The zero-order valence-corrected chi connectivity index (χ0v) is 19.0. The summed E-state index contributed by atoms with van der Waals surface area (Å²) in [5.41, 5.74) is 2.07. The number of nitrogens with one attached hydrogen (secondary N) is 1. The molecule has 4 rings (SSSR count). The van der Waals surface area contributed by atoms with Gasteiger partial charge in [0.15, 0.2) is 0 Å². The maximum atomic E-state index is 13.2. The first-order chi connectivity index (χ1) is 14.1. The van der Waals surface area contributed by atoms with Gasteiger partial charge in [0.05, 0.1) is 10.6 Å². The Balaban J connectivity index is 1.46. The summed E-state index contributed by atoms with van der Waals surface area (Å²) in [5.74, 6) is -0.251. The monoisotopic (exact) mass is 444 g/mol. The van der Waals surface area contributed by atoms with E-state index < -0.39 is 0 Å². The molecule has 158 valence electrons. The van der Waals surface area contributed by atoms with Crippen LogP contribution in [0.4, 0.5) is 5.69 Å². The molecule has 1 N–H and O–H groups in total. The minimum Gasteiger partial charge on any atom is -0.335 e. The smallest absolute Gasteiger partial charge is 0.257 e. The van der Waals surface area contributed by atoms with Crippen molar-refractivity contribution in [3.63, 3.8) is 0 Å². The molecule has 0 spiro atoms. The fourth-order valence-electron chi connectivity index (χ4n) is 5.43. The molecule has 1 saturated carbocycles. The van der Waals surface area contributed by atoms with E-state index in [-0.39, 0.29) is 22.6 Å².